The molecule has 1 unspecified atom stereocenters. The molecule has 1 atom stereocenters. The van der Waals surface area contributed by atoms with Crippen LogP contribution in [0.3, 0.4) is 0 Å². The van der Waals surface area contributed by atoms with Crippen molar-refractivity contribution in [3.63, 3.8) is 0 Å². The van der Waals surface area contributed by atoms with E-state index in [0.29, 0.717) is 11.7 Å². The van der Waals surface area contributed by atoms with Gasteiger partial charge in [-0.3, -0.25) is 0 Å². The van der Waals surface area contributed by atoms with Crippen molar-refractivity contribution in [3.8, 4) is 0 Å². The lowest BCUT2D eigenvalue weighted by Gasteiger charge is -2.15. The molecule has 0 amide bonds. The standard InChI is InChI=1S/C14H23ClN2O/c1-2-8-12(15)13-16-14(18-17-13)11-9-6-4-3-5-7-10-11/h11-12H,2-10H2,1H3. The molecule has 1 heterocycles. The quantitative estimate of drug-likeness (QED) is 0.725. The number of nitrogens with zero attached hydrogens (tertiary/aromatic N) is 2. The zero-order chi connectivity index (χ0) is 12.8. The van der Waals surface area contributed by atoms with Crippen LogP contribution in [0.1, 0.15) is 87.7 Å². The molecule has 1 aliphatic rings. The average molecular weight is 271 g/mol. The summed E-state index contributed by atoms with van der Waals surface area (Å²) in [6.07, 6.45) is 10.9. The van der Waals surface area contributed by atoms with Crippen LogP contribution in [0.25, 0.3) is 0 Å². The largest absolute Gasteiger partial charge is 0.339 e. The highest BCUT2D eigenvalue weighted by molar-refractivity contribution is 6.20. The van der Waals surface area contributed by atoms with Crippen LogP contribution in [-0.4, -0.2) is 10.1 Å². The zero-order valence-corrected chi connectivity index (χ0v) is 12.0. The van der Waals surface area contributed by atoms with Crippen LogP contribution < -0.4 is 0 Å². The Kier molecular flexibility index (Phi) is 5.48. The molecule has 0 N–H and O–H groups in total. The summed E-state index contributed by atoms with van der Waals surface area (Å²) in [4.78, 5) is 4.52. The number of hydrogen-bond acceptors (Lipinski definition) is 3. The van der Waals surface area contributed by atoms with E-state index < -0.39 is 0 Å². The Bertz CT molecular complexity index is 345. The van der Waals surface area contributed by atoms with E-state index in [2.05, 4.69) is 17.1 Å². The molecule has 1 fully saturated rings. The summed E-state index contributed by atoms with van der Waals surface area (Å²) in [5, 5.41) is 3.95. The zero-order valence-electron chi connectivity index (χ0n) is 11.2. The SMILES string of the molecule is CCCC(Cl)c1noc(C2CCCCCCC2)n1. The highest BCUT2D eigenvalue weighted by Crippen LogP contribution is 2.31. The van der Waals surface area contributed by atoms with Gasteiger partial charge in [0, 0.05) is 5.92 Å². The van der Waals surface area contributed by atoms with Crippen molar-refractivity contribution in [3.05, 3.63) is 11.7 Å². The molecule has 3 nitrogen and oxygen atoms in total. The fourth-order valence-corrected chi connectivity index (χ4v) is 2.93. The van der Waals surface area contributed by atoms with Crippen LogP contribution in [0.5, 0.6) is 0 Å². The molecule has 4 heteroatoms. The molecule has 18 heavy (non-hydrogen) atoms. The Morgan fingerprint density at radius 1 is 1.22 bits per heavy atom. The van der Waals surface area contributed by atoms with E-state index in [1.54, 1.807) is 0 Å². The summed E-state index contributed by atoms with van der Waals surface area (Å²) >= 11 is 6.23. The molecule has 0 spiro atoms. The van der Waals surface area contributed by atoms with Crippen molar-refractivity contribution in [1.82, 2.24) is 10.1 Å². The number of halogens is 1. The molecule has 0 aromatic carbocycles. The molecule has 1 aromatic heterocycles. The second kappa shape index (κ2) is 7.13. The van der Waals surface area contributed by atoms with Gasteiger partial charge in [0.25, 0.3) is 0 Å². The monoisotopic (exact) mass is 270 g/mol. The van der Waals surface area contributed by atoms with Gasteiger partial charge in [-0.05, 0) is 19.3 Å². The molecule has 1 aliphatic carbocycles. The third kappa shape index (κ3) is 3.71. The van der Waals surface area contributed by atoms with Gasteiger partial charge in [0.15, 0.2) is 5.82 Å². The molecule has 102 valence electrons. The molecular weight excluding hydrogens is 248 g/mol. The normalized spacial score (nSPS) is 20.3. The van der Waals surface area contributed by atoms with Crippen LogP contribution >= 0.6 is 11.6 Å². The Morgan fingerprint density at radius 2 is 1.89 bits per heavy atom. The summed E-state index contributed by atoms with van der Waals surface area (Å²) in [7, 11) is 0. The lowest BCUT2D eigenvalue weighted by Crippen LogP contribution is -2.03. The maximum Gasteiger partial charge on any atom is 0.229 e. The average Bonchev–Trinajstić information content (AvgIpc) is 2.78. The molecule has 2 rings (SSSR count). The Hall–Kier alpha value is -0.570. The second-order valence-electron chi connectivity index (χ2n) is 5.29. The van der Waals surface area contributed by atoms with Gasteiger partial charge in [-0.25, -0.2) is 0 Å². The van der Waals surface area contributed by atoms with Gasteiger partial charge in [-0.15, -0.1) is 11.6 Å². The van der Waals surface area contributed by atoms with Gasteiger partial charge in [0.2, 0.25) is 5.89 Å². The van der Waals surface area contributed by atoms with Gasteiger partial charge >= 0.3 is 0 Å². The van der Waals surface area contributed by atoms with Crippen molar-refractivity contribution in [2.45, 2.75) is 76.0 Å². The molecular formula is C14H23ClN2O. The van der Waals surface area contributed by atoms with E-state index >= 15 is 0 Å². The van der Waals surface area contributed by atoms with Gasteiger partial charge in [-0.2, -0.15) is 4.98 Å². The minimum Gasteiger partial charge on any atom is -0.339 e. The predicted molar refractivity (Wildman–Crippen MR) is 72.9 cm³/mol. The highest BCUT2D eigenvalue weighted by Gasteiger charge is 2.22. The van der Waals surface area contributed by atoms with Gasteiger partial charge in [0.05, 0.1) is 5.38 Å². The Morgan fingerprint density at radius 3 is 2.56 bits per heavy atom. The van der Waals surface area contributed by atoms with E-state index in [0.717, 1.165) is 18.7 Å². The molecule has 1 aromatic rings. The first-order chi connectivity index (χ1) is 8.81. The van der Waals surface area contributed by atoms with Gasteiger partial charge in [-0.1, -0.05) is 50.6 Å². The minimum atomic E-state index is -0.0962. The third-order valence-electron chi connectivity index (χ3n) is 3.73. The first-order valence-corrected chi connectivity index (χ1v) is 7.72. The summed E-state index contributed by atoms with van der Waals surface area (Å²) in [6, 6.07) is 0. The first-order valence-electron chi connectivity index (χ1n) is 7.28. The predicted octanol–water partition coefficient (Wildman–Crippen LogP) is 4.98. The molecule has 0 bridgehead atoms. The maximum atomic E-state index is 6.23. The molecule has 0 aliphatic heterocycles. The van der Waals surface area contributed by atoms with Crippen LogP contribution in [0.2, 0.25) is 0 Å². The number of hydrogen-bond donors (Lipinski definition) is 0. The van der Waals surface area contributed by atoms with E-state index in [1.807, 2.05) is 0 Å². The van der Waals surface area contributed by atoms with Crippen molar-refractivity contribution in [2.75, 3.05) is 0 Å². The summed E-state index contributed by atoms with van der Waals surface area (Å²) in [5.41, 5.74) is 0. The second-order valence-corrected chi connectivity index (χ2v) is 5.82. The topological polar surface area (TPSA) is 38.9 Å². The number of rotatable bonds is 4. The maximum absolute atomic E-state index is 6.23. The van der Waals surface area contributed by atoms with Crippen LogP contribution in [0.15, 0.2) is 4.52 Å². The van der Waals surface area contributed by atoms with Crippen molar-refractivity contribution >= 4 is 11.6 Å². The Balaban J connectivity index is 1.98. The third-order valence-corrected chi connectivity index (χ3v) is 4.15. The van der Waals surface area contributed by atoms with Crippen molar-refractivity contribution in [1.29, 1.82) is 0 Å². The summed E-state index contributed by atoms with van der Waals surface area (Å²) < 4.78 is 5.42. The molecule has 0 radical (unpaired) electrons. The van der Waals surface area contributed by atoms with Crippen LogP contribution in [-0.2, 0) is 0 Å². The highest BCUT2D eigenvalue weighted by atomic mass is 35.5. The van der Waals surface area contributed by atoms with E-state index in [-0.39, 0.29) is 5.38 Å². The molecule has 1 saturated carbocycles. The number of aromatic nitrogens is 2. The lowest BCUT2D eigenvalue weighted by atomic mass is 9.91. The minimum absolute atomic E-state index is 0.0962. The van der Waals surface area contributed by atoms with Gasteiger partial charge in [0.1, 0.15) is 0 Å². The van der Waals surface area contributed by atoms with E-state index in [1.165, 1.54) is 44.9 Å². The van der Waals surface area contributed by atoms with Crippen LogP contribution in [0.4, 0.5) is 0 Å². The summed E-state index contributed by atoms with van der Waals surface area (Å²) in [5.74, 6) is 1.95. The fourth-order valence-electron chi connectivity index (χ4n) is 2.63. The number of alkyl halides is 1. The van der Waals surface area contributed by atoms with Crippen LogP contribution in [0, 0.1) is 0 Å². The van der Waals surface area contributed by atoms with Gasteiger partial charge < -0.3 is 4.52 Å². The van der Waals surface area contributed by atoms with Crippen molar-refractivity contribution < 1.29 is 4.52 Å². The van der Waals surface area contributed by atoms with Crippen molar-refractivity contribution in [2.24, 2.45) is 0 Å². The first kappa shape index (κ1) is 13.9. The smallest absolute Gasteiger partial charge is 0.229 e. The Labute approximate surface area is 114 Å². The fraction of sp³-hybridized carbons (Fsp3) is 0.857. The van der Waals surface area contributed by atoms with E-state index in [9.17, 15) is 0 Å². The molecule has 0 saturated heterocycles. The lowest BCUT2D eigenvalue weighted by molar-refractivity contribution is 0.320. The van der Waals surface area contributed by atoms with E-state index in [4.69, 9.17) is 16.1 Å². The summed E-state index contributed by atoms with van der Waals surface area (Å²) in [6.45, 7) is 2.12.